The fourth-order valence-electron chi connectivity index (χ4n) is 1.60. The molecule has 0 atom stereocenters. The fourth-order valence-corrected chi connectivity index (χ4v) is 1.84. The summed E-state index contributed by atoms with van der Waals surface area (Å²) >= 11 is 5.97. The van der Waals surface area contributed by atoms with Crippen molar-refractivity contribution in [1.29, 1.82) is 0 Å². The maximum Gasteiger partial charge on any atom is 0.168 e. The van der Waals surface area contributed by atoms with E-state index in [1.54, 1.807) is 24.3 Å². The SMILES string of the molecule is Nc1ccc(CC(=O)c2ccccc2Cl)cc1. The van der Waals surface area contributed by atoms with Crippen molar-refractivity contribution < 1.29 is 4.79 Å². The van der Waals surface area contributed by atoms with E-state index in [2.05, 4.69) is 0 Å². The van der Waals surface area contributed by atoms with Crippen LogP contribution in [0.2, 0.25) is 5.02 Å². The zero-order chi connectivity index (χ0) is 12.3. The van der Waals surface area contributed by atoms with Gasteiger partial charge in [-0.3, -0.25) is 4.79 Å². The number of hydrogen-bond donors (Lipinski definition) is 1. The van der Waals surface area contributed by atoms with Crippen LogP contribution in [-0.4, -0.2) is 5.78 Å². The molecule has 2 aromatic carbocycles. The normalized spacial score (nSPS) is 10.2. The Morgan fingerprint density at radius 3 is 2.35 bits per heavy atom. The Balaban J connectivity index is 2.17. The number of ketones is 1. The second kappa shape index (κ2) is 5.02. The van der Waals surface area contributed by atoms with Crippen LogP contribution in [0.5, 0.6) is 0 Å². The summed E-state index contributed by atoms with van der Waals surface area (Å²) in [4.78, 5) is 12.0. The second-order valence-electron chi connectivity index (χ2n) is 3.82. The number of carbonyl (C=O) groups is 1. The summed E-state index contributed by atoms with van der Waals surface area (Å²) in [6, 6.07) is 14.3. The predicted molar refractivity (Wildman–Crippen MR) is 70.3 cm³/mol. The number of Topliss-reactive ketones (excluding diaryl/α,β-unsaturated/α-hetero) is 1. The third-order valence-electron chi connectivity index (χ3n) is 2.52. The molecular weight excluding hydrogens is 234 g/mol. The van der Waals surface area contributed by atoms with E-state index in [9.17, 15) is 4.79 Å². The molecule has 2 aromatic rings. The number of rotatable bonds is 3. The molecule has 2 rings (SSSR count). The van der Waals surface area contributed by atoms with E-state index >= 15 is 0 Å². The van der Waals surface area contributed by atoms with Crippen LogP contribution < -0.4 is 5.73 Å². The average molecular weight is 246 g/mol. The highest BCUT2D eigenvalue weighted by atomic mass is 35.5. The Bertz CT molecular complexity index is 534. The van der Waals surface area contributed by atoms with E-state index in [-0.39, 0.29) is 5.78 Å². The van der Waals surface area contributed by atoms with E-state index in [4.69, 9.17) is 17.3 Å². The smallest absolute Gasteiger partial charge is 0.168 e. The molecule has 0 spiro atoms. The third kappa shape index (κ3) is 2.86. The summed E-state index contributed by atoms with van der Waals surface area (Å²) in [6.07, 6.45) is 0.337. The van der Waals surface area contributed by atoms with Crippen molar-refractivity contribution in [3.8, 4) is 0 Å². The number of anilines is 1. The van der Waals surface area contributed by atoms with Gasteiger partial charge in [-0.1, -0.05) is 35.9 Å². The van der Waals surface area contributed by atoms with Crippen molar-refractivity contribution in [2.45, 2.75) is 6.42 Å². The molecule has 2 N–H and O–H groups in total. The molecule has 0 amide bonds. The number of benzene rings is 2. The van der Waals surface area contributed by atoms with Gasteiger partial charge in [0, 0.05) is 17.7 Å². The van der Waals surface area contributed by atoms with E-state index in [0.29, 0.717) is 22.7 Å². The summed E-state index contributed by atoms with van der Waals surface area (Å²) in [7, 11) is 0. The van der Waals surface area contributed by atoms with Crippen LogP contribution in [0.1, 0.15) is 15.9 Å². The zero-order valence-electron chi connectivity index (χ0n) is 9.19. The molecular formula is C14H12ClNO. The van der Waals surface area contributed by atoms with Gasteiger partial charge in [-0.2, -0.15) is 0 Å². The van der Waals surface area contributed by atoms with Crippen molar-refractivity contribution in [3.05, 3.63) is 64.7 Å². The molecule has 17 heavy (non-hydrogen) atoms. The molecule has 0 saturated carbocycles. The Labute approximate surface area is 105 Å². The zero-order valence-corrected chi connectivity index (χ0v) is 9.95. The maximum absolute atomic E-state index is 12.0. The molecule has 0 saturated heterocycles. The molecule has 0 radical (unpaired) electrons. The van der Waals surface area contributed by atoms with Crippen LogP contribution in [0.25, 0.3) is 0 Å². The summed E-state index contributed by atoms with van der Waals surface area (Å²) in [5.41, 5.74) is 7.78. The molecule has 0 unspecified atom stereocenters. The lowest BCUT2D eigenvalue weighted by molar-refractivity contribution is 0.0993. The fraction of sp³-hybridized carbons (Fsp3) is 0.0714. The Morgan fingerprint density at radius 1 is 1.06 bits per heavy atom. The highest BCUT2D eigenvalue weighted by Gasteiger charge is 2.10. The van der Waals surface area contributed by atoms with Gasteiger partial charge in [-0.05, 0) is 29.8 Å². The minimum atomic E-state index is 0.0142. The van der Waals surface area contributed by atoms with Gasteiger partial charge in [0.1, 0.15) is 0 Å². The van der Waals surface area contributed by atoms with Crippen molar-refractivity contribution in [2.24, 2.45) is 0 Å². The summed E-state index contributed by atoms with van der Waals surface area (Å²) in [5.74, 6) is 0.0142. The summed E-state index contributed by atoms with van der Waals surface area (Å²) in [5, 5.41) is 0.493. The van der Waals surface area contributed by atoms with Gasteiger partial charge in [0.15, 0.2) is 5.78 Å². The number of hydrogen-bond acceptors (Lipinski definition) is 2. The van der Waals surface area contributed by atoms with Gasteiger partial charge < -0.3 is 5.73 Å². The lowest BCUT2D eigenvalue weighted by atomic mass is 10.0. The lowest BCUT2D eigenvalue weighted by Gasteiger charge is -2.03. The molecule has 0 aliphatic heterocycles. The first-order valence-electron chi connectivity index (χ1n) is 5.29. The summed E-state index contributed by atoms with van der Waals surface area (Å²) in [6.45, 7) is 0. The molecule has 0 bridgehead atoms. The number of carbonyl (C=O) groups excluding carboxylic acids is 1. The summed E-state index contributed by atoms with van der Waals surface area (Å²) < 4.78 is 0. The van der Waals surface area contributed by atoms with Crippen LogP contribution in [0.4, 0.5) is 5.69 Å². The van der Waals surface area contributed by atoms with E-state index < -0.39 is 0 Å². The number of nitrogens with two attached hydrogens (primary N) is 1. The van der Waals surface area contributed by atoms with Gasteiger partial charge in [0.05, 0.1) is 5.02 Å². The van der Waals surface area contributed by atoms with Crippen LogP contribution in [0.15, 0.2) is 48.5 Å². The Hall–Kier alpha value is -1.80. The van der Waals surface area contributed by atoms with Gasteiger partial charge >= 0.3 is 0 Å². The minimum absolute atomic E-state index is 0.0142. The molecule has 2 nitrogen and oxygen atoms in total. The van der Waals surface area contributed by atoms with E-state index in [0.717, 1.165) is 5.56 Å². The van der Waals surface area contributed by atoms with Crippen LogP contribution in [0, 0.1) is 0 Å². The van der Waals surface area contributed by atoms with Crippen LogP contribution in [-0.2, 0) is 6.42 Å². The second-order valence-corrected chi connectivity index (χ2v) is 4.23. The average Bonchev–Trinajstić information content (AvgIpc) is 2.32. The number of nitrogen functional groups attached to an aromatic ring is 1. The van der Waals surface area contributed by atoms with Gasteiger partial charge in [-0.25, -0.2) is 0 Å². The highest BCUT2D eigenvalue weighted by molar-refractivity contribution is 6.34. The van der Waals surface area contributed by atoms with Crippen LogP contribution in [0.3, 0.4) is 0 Å². The maximum atomic E-state index is 12.0. The molecule has 3 heteroatoms. The molecule has 0 aromatic heterocycles. The Morgan fingerprint density at radius 2 is 1.71 bits per heavy atom. The van der Waals surface area contributed by atoms with Crippen molar-refractivity contribution in [3.63, 3.8) is 0 Å². The van der Waals surface area contributed by atoms with Crippen molar-refractivity contribution in [2.75, 3.05) is 5.73 Å². The van der Waals surface area contributed by atoms with Gasteiger partial charge in [0.25, 0.3) is 0 Å². The van der Waals surface area contributed by atoms with E-state index in [1.807, 2.05) is 24.3 Å². The number of halogens is 1. The molecule has 0 fully saturated rings. The Kier molecular flexibility index (Phi) is 3.45. The first kappa shape index (κ1) is 11.7. The standard InChI is InChI=1S/C14H12ClNO/c15-13-4-2-1-3-12(13)14(17)9-10-5-7-11(16)8-6-10/h1-8H,9,16H2. The molecule has 0 aliphatic rings. The predicted octanol–water partition coefficient (Wildman–Crippen LogP) is 3.35. The monoisotopic (exact) mass is 245 g/mol. The van der Waals surface area contributed by atoms with E-state index in [1.165, 1.54) is 0 Å². The molecule has 0 heterocycles. The van der Waals surface area contributed by atoms with Crippen molar-refractivity contribution in [1.82, 2.24) is 0 Å². The quantitative estimate of drug-likeness (QED) is 0.666. The highest BCUT2D eigenvalue weighted by Crippen LogP contribution is 2.17. The van der Waals surface area contributed by atoms with Crippen LogP contribution >= 0.6 is 11.6 Å². The lowest BCUT2D eigenvalue weighted by Crippen LogP contribution is -2.04. The van der Waals surface area contributed by atoms with Gasteiger partial charge in [0.2, 0.25) is 0 Å². The van der Waals surface area contributed by atoms with Crippen molar-refractivity contribution >= 4 is 23.1 Å². The minimum Gasteiger partial charge on any atom is -0.399 e. The van der Waals surface area contributed by atoms with Gasteiger partial charge in [-0.15, -0.1) is 0 Å². The topological polar surface area (TPSA) is 43.1 Å². The third-order valence-corrected chi connectivity index (χ3v) is 2.85. The largest absolute Gasteiger partial charge is 0.399 e. The first-order chi connectivity index (χ1) is 8.16. The molecule has 0 aliphatic carbocycles. The first-order valence-corrected chi connectivity index (χ1v) is 5.67. The molecule has 86 valence electrons.